The summed E-state index contributed by atoms with van der Waals surface area (Å²) in [6.45, 7) is 2.69. The van der Waals surface area contributed by atoms with E-state index in [0.717, 1.165) is 5.56 Å². The topological polar surface area (TPSA) is 59.9 Å². The minimum atomic E-state index is -0.449. The van der Waals surface area contributed by atoms with Crippen molar-refractivity contribution in [1.82, 2.24) is 5.43 Å². The molecule has 0 fully saturated rings. The number of hydrazone groups is 1. The molecular weight excluding hydrogens is 539 g/mol. The number of hydrogen-bond acceptors (Lipinski definition) is 4. The molecule has 0 atom stereocenters. The SMILES string of the molecule is CCOc1cc(/C=N/NC(=O)c2ccc(Cl)cc2Cl)cc(Br)c1OCc1ccc(Cl)cc1. The molecule has 0 spiro atoms. The highest BCUT2D eigenvalue weighted by molar-refractivity contribution is 9.10. The third-order valence-corrected chi connectivity index (χ3v) is 5.57. The maximum absolute atomic E-state index is 12.3. The summed E-state index contributed by atoms with van der Waals surface area (Å²) < 4.78 is 12.4. The first kappa shape index (κ1) is 24.4. The summed E-state index contributed by atoms with van der Waals surface area (Å²) in [5.74, 6) is 0.662. The molecule has 32 heavy (non-hydrogen) atoms. The molecule has 0 saturated heterocycles. The van der Waals surface area contributed by atoms with Crippen molar-refractivity contribution < 1.29 is 14.3 Å². The van der Waals surface area contributed by atoms with Crippen LogP contribution in [0.2, 0.25) is 15.1 Å². The molecule has 1 amide bonds. The van der Waals surface area contributed by atoms with E-state index in [4.69, 9.17) is 44.3 Å². The Morgan fingerprint density at radius 2 is 1.75 bits per heavy atom. The lowest BCUT2D eigenvalue weighted by atomic mass is 10.2. The largest absolute Gasteiger partial charge is 0.490 e. The molecule has 0 saturated carbocycles. The maximum Gasteiger partial charge on any atom is 0.272 e. The highest BCUT2D eigenvalue weighted by atomic mass is 79.9. The molecule has 0 aliphatic rings. The molecule has 9 heteroatoms. The van der Waals surface area contributed by atoms with E-state index in [0.29, 0.717) is 44.8 Å². The predicted octanol–water partition coefficient (Wildman–Crippen LogP) is 7.15. The molecular formula is C23H18BrCl3N2O3. The molecule has 0 unspecified atom stereocenters. The van der Waals surface area contributed by atoms with Crippen LogP contribution in [0.4, 0.5) is 0 Å². The van der Waals surface area contributed by atoms with Crippen LogP contribution in [0.5, 0.6) is 11.5 Å². The van der Waals surface area contributed by atoms with Crippen LogP contribution >= 0.6 is 50.7 Å². The van der Waals surface area contributed by atoms with E-state index in [1.54, 1.807) is 12.1 Å². The number of nitrogens with one attached hydrogen (secondary N) is 1. The van der Waals surface area contributed by atoms with Gasteiger partial charge in [-0.3, -0.25) is 4.79 Å². The molecule has 0 heterocycles. The minimum absolute atomic E-state index is 0.244. The first-order valence-corrected chi connectivity index (χ1v) is 11.4. The fraction of sp³-hybridized carbons (Fsp3) is 0.130. The van der Waals surface area contributed by atoms with Gasteiger partial charge in [-0.15, -0.1) is 0 Å². The molecule has 3 aromatic rings. The van der Waals surface area contributed by atoms with Crippen molar-refractivity contribution in [3.05, 3.63) is 90.8 Å². The van der Waals surface area contributed by atoms with Crippen LogP contribution in [0.3, 0.4) is 0 Å². The summed E-state index contributed by atoms with van der Waals surface area (Å²) in [6.07, 6.45) is 1.50. The fourth-order valence-corrected chi connectivity index (χ4v) is 3.90. The minimum Gasteiger partial charge on any atom is -0.490 e. The van der Waals surface area contributed by atoms with Gasteiger partial charge in [0, 0.05) is 10.0 Å². The lowest BCUT2D eigenvalue weighted by molar-refractivity contribution is 0.0955. The number of nitrogens with zero attached hydrogens (tertiary/aromatic N) is 1. The average molecular weight is 557 g/mol. The Bertz CT molecular complexity index is 1140. The number of carbonyl (C=O) groups excluding carboxylic acids is 1. The quantitative estimate of drug-likeness (QED) is 0.237. The van der Waals surface area contributed by atoms with E-state index in [1.807, 2.05) is 37.3 Å². The number of halogens is 4. The van der Waals surface area contributed by atoms with E-state index in [9.17, 15) is 4.79 Å². The first-order chi connectivity index (χ1) is 15.4. The van der Waals surface area contributed by atoms with Gasteiger partial charge in [-0.25, -0.2) is 5.43 Å². The van der Waals surface area contributed by atoms with Gasteiger partial charge >= 0.3 is 0 Å². The van der Waals surface area contributed by atoms with Gasteiger partial charge in [-0.1, -0.05) is 46.9 Å². The second-order valence-electron chi connectivity index (χ2n) is 6.50. The molecule has 3 aromatic carbocycles. The Morgan fingerprint density at radius 3 is 2.44 bits per heavy atom. The van der Waals surface area contributed by atoms with Gasteiger partial charge in [-0.2, -0.15) is 5.10 Å². The third-order valence-electron chi connectivity index (χ3n) is 4.18. The molecule has 0 aliphatic heterocycles. The van der Waals surface area contributed by atoms with Crippen LogP contribution < -0.4 is 14.9 Å². The van der Waals surface area contributed by atoms with Gasteiger partial charge in [0.2, 0.25) is 0 Å². The summed E-state index contributed by atoms with van der Waals surface area (Å²) in [6, 6.07) is 15.6. The number of hydrogen-bond donors (Lipinski definition) is 1. The molecule has 3 rings (SSSR count). The van der Waals surface area contributed by atoms with Crippen LogP contribution in [-0.4, -0.2) is 18.7 Å². The molecule has 166 valence electrons. The molecule has 5 nitrogen and oxygen atoms in total. The Kier molecular flexibility index (Phi) is 8.82. The van der Waals surface area contributed by atoms with Crippen LogP contribution in [-0.2, 0) is 6.61 Å². The summed E-state index contributed by atoms with van der Waals surface area (Å²) in [5, 5.41) is 5.37. The number of carbonyl (C=O) groups is 1. The lowest BCUT2D eigenvalue weighted by Gasteiger charge is -2.14. The Morgan fingerprint density at radius 1 is 1.03 bits per heavy atom. The number of benzene rings is 3. The Balaban J connectivity index is 1.72. The zero-order valence-corrected chi connectivity index (χ0v) is 20.7. The molecule has 0 radical (unpaired) electrons. The van der Waals surface area contributed by atoms with Gasteiger partial charge in [0.25, 0.3) is 5.91 Å². The van der Waals surface area contributed by atoms with Gasteiger partial charge < -0.3 is 9.47 Å². The van der Waals surface area contributed by atoms with Crippen molar-refractivity contribution in [2.24, 2.45) is 5.10 Å². The van der Waals surface area contributed by atoms with E-state index >= 15 is 0 Å². The third kappa shape index (κ3) is 6.62. The van der Waals surface area contributed by atoms with Crippen molar-refractivity contribution in [3.63, 3.8) is 0 Å². The highest BCUT2D eigenvalue weighted by Gasteiger charge is 2.13. The van der Waals surface area contributed by atoms with Crippen LogP contribution in [0.15, 0.2) is 64.2 Å². The van der Waals surface area contributed by atoms with Gasteiger partial charge in [0.15, 0.2) is 11.5 Å². The Hall–Kier alpha value is -2.25. The first-order valence-electron chi connectivity index (χ1n) is 9.49. The van der Waals surface area contributed by atoms with E-state index in [2.05, 4.69) is 26.5 Å². The molecule has 0 aliphatic carbocycles. The van der Waals surface area contributed by atoms with Crippen molar-refractivity contribution in [2.75, 3.05) is 6.61 Å². The standard InChI is InChI=1S/C23H18BrCl3N2O3/c1-2-31-21-10-15(12-28-29-23(30)18-8-7-17(26)11-20(18)27)9-19(24)22(21)32-13-14-3-5-16(25)6-4-14/h3-12H,2,13H2,1H3,(H,29,30)/b28-12+. The van der Waals surface area contributed by atoms with Crippen molar-refractivity contribution in [2.45, 2.75) is 13.5 Å². The highest BCUT2D eigenvalue weighted by Crippen LogP contribution is 2.37. The monoisotopic (exact) mass is 554 g/mol. The van der Waals surface area contributed by atoms with Gasteiger partial charge in [0.05, 0.1) is 27.9 Å². The summed E-state index contributed by atoms with van der Waals surface area (Å²) in [4.78, 5) is 12.3. The summed E-state index contributed by atoms with van der Waals surface area (Å²) in [7, 11) is 0. The van der Waals surface area contributed by atoms with Crippen molar-refractivity contribution in [3.8, 4) is 11.5 Å². The zero-order chi connectivity index (χ0) is 23.1. The van der Waals surface area contributed by atoms with Crippen molar-refractivity contribution >= 4 is 62.9 Å². The zero-order valence-electron chi connectivity index (χ0n) is 16.9. The summed E-state index contributed by atoms with van der Waals surface area (Å²) in [5.41, 5.74) is 4.39. The average Bonchev–Trinajstić information content (AvgIpc) is 2.74. The summed E-state index contributed by atoms with van der Waals surface area (Å²) >= 11 is 21.4. The predicted molar refractivity (Wildman–Crippen MR) is 133 cm³/mol. The van der Waals surface area contributed by atoms with Crippen molar-refractivity contribution in [1.29, 1.82) is 0 Å². The van der Waals surface area contributed by atoms with E-state index < -0.39 is 5.91 Å². The second kappa shape index (κ2) is 11.6. The lowest BCUT2D eigenvalue weighted by Crippen LogP contribution is -2.18. The number of rotatable bonds is 8. The van der Waals surface area contributed by atoms with Crippen LogP contribution in [0, 0.1) is 0 Å². The van der Waals surface area contributed by atoms with Crippen LogP contribution in [0.1, 0.15) is 28.4 Å². The normalized spacial score (nSPS) is 10.9. The van der Waals surface area contributed by atoms with E-state index in [-0.39, 0.29) is 10.6 Å². The van der Waals surface area contributed by atoms with Gasteiger partial charge in [-0.05, 0) is 76.4 Å². The number of amides is 1. The molecule has 0 aromatic heterocycles. The van der Waals surface area contributed by atoms with E-state index in [1.165, 1.54) is 18.3 Å². The second-order valence-corrected chi connectivity index (χ2v) is 8.64. The van der Waals surface area contributed by atoms with Gasteiger partial charge in [0.1, 0.15) is 6.61 Å². The maximum atomic E-state index is 12.3. The fourth-order valence-electron chi connectivity index (χ4n) is 2.70. The molecule has 0 bridgehead atoms. The smallest absolute Gasteiger partial charge is 0.272 e. The van der Waals surface area contributed by atoms with Crippen LogP contribution in [0.25, 0.3) is 0 Å². The number of ether oxygens (including phenoxy) is 2. The molecule has 1 N–H and O–H groups in total. The Labute approximate surface area is 209 Å².